The van der Waals surface area contributed by atoms with Gasteiger partial charge < -0.3 is 10.2 Å². The van der Waals surface area contributed by atoms with Crippen LogP contribution in [0, 0.1) is 0 Å². The Morgan fingerprint density at radius 3 is 2.70 bits per heavy atom. The number of thioether (sulfide) groups is 1. The van der Waals surface area contributed by atoms with Gasteiger partial charge >= 0.3 is 0 Å². The highest BCUT2D eigenvalue weighted by atomic mass is 32.2. The predicted octanol–water partition coefficient (Wildman–Crippen LogP) is 1.58. The van der Waals surface area contributed by atoms with Gasteiger partial charge in [-0.25, -0.2) is 0 Å². The lowest BCUT2D eigenvalue weighted by molar-refractivity contribution is -0.135. The van der Waals surface area contributed by atoms with Gasteiger partial charge in [-0.1, -0.05) is 30.3 Å². The highest BCUT2D eigenvalue weighted by Crippen LogP contribution is 2.27. The Hall–Kier alpha value is -1.49. The van der Waals surface area contributed by atoms with Crippen LogP contribution < -0.4 is 5.32 Å². The van der Waals surface area contributed by atoms with Crippen LogP contribution in [0.3, 0.4) is 0 Å². The lowest BCUT2D eigenvalue weighted by atomic mass is 10.0. The fourth-order valence-corrected chi connectivity index (χ4v) is 4.02. The zero-order valence-electron chi connectivity index (χ0n) is 11.2. The molecule has 2 aliphatic heterocycles. The molecule has 0 bridgehead atoms. The molecule has 0 saturated carbocycles. The Labute approximate surface area is 122 Å². The number of hydrogen-bond acceptors (Lipinski definition) is 3. The van der Waals surface area contributed by atoms with E-state index in [0.717, 1.165) is 23.5 Å². The van der Waals surface area contributed by atoms with Crippen molar-refractivity contribution in [3.05, 3.63) is 35.9 Å². The van der Waals surface area contributed by atoms with Crippen LogP contribution in [0.1, 0.15) is 24.4 Å². The van der Waals surface area contributed by atoms with E-state index < -0.39 is 6.04 Å². The first-order chi connectivity index (χ1) is 9.75. The number of carbonyl (C=O) groups is 2. The molecular formula is C15H18N2O2S. The normalized spacial score (nSPS) is 27.3. The molecule has 2 amide bonds. The Morgan fingerprint density at radius 1 is 1.20 bits per heavy atom. The van der Waals surface area contributed by atoms with E-state index in [-0.39, 0.29) is 17.9 Å². The zero-order valence-corrected chi connectivity index (χ0v) is 12.1. The maximum Gasteiger partial charge on any atom is 0.250 e. The SMILES string of the molecule is O=C1CCN(C2CCSC2)C(=O)C(c2ccccc2)N1. The van der Waals surface area contributed by atoms with Gasteiger partial charge in [0.15, 0.2) is 0 Å². The third-order valence-corrected chi connectivity index (χ3v) is 5.04. The fourth-order valence-electron chi connectivity index (χ4n) is 2.79. The number of amides is 2. The van der Waals surface area contributed by atoms with E-state index in [1.165, 1.54) is 0 Å². The topological polar surface area (TPSA) is 49.4 Å². The molecule has 106 valence electrons. The standard InChI is InChI=1S/C15H18N2O2S/c18-13-6-8-17(12-7-9-20-10-12)15(19)14(16-13)11-4-2-1-3-5-11/h1-5,12,14H,6-10H2,(H,16,18). The number of carbonyl (C=O) groups excluding carboxylic acids is 2. The van der Waals surface area contributed by atoms with Gasteiger partial charge in [-0.05, 0) is 17.7 Å². The van der Waals surface area contributed by atoms with Crippen molar-refractivity contribution in [2.75, 3.05) is 18.1 Å². The van der Waals surface area contributed by atoms with E-state index in [2.05, 4.69) is 5.32 Å². The van der Waals surface area contributed by atoms with Crippen LogP contribution in [0.25, 0.3) is 0 Å². The second-order valence-electron chi connectivity index (χ2n) is 5.21. The van der Waals surface area contributed by atoms with E-state index in [0.29, 0.717) is 13.0 Å². The lowest BCUT2D eigenvalue weighted by Crippen LogP contribution is -2.44. The minimum atomic E-state index is -0.531. The number of nitrogens with zero attached hydrogens (tertiary/aromatic N) is 1. The third-order valence-electron chi connectivity index (χ3n) is 3.89. The Kier molecular flexibility index (Phi) is 3.96. The number of rotatable bonds is 2. The highest BCUT2D eigenvalue weighted by molar-refractivity contribution is 7.99. The molecular weight excluding hydrogens is 272 g/mol. The van der Waals surface area contributed by atoms with Gasteiger partial charge in [0.2, 0.25) is 11.8 Å². The second-order valence-corrected chi connectivity index (χ2v) is 6.36. The minimum Gasteiger partial charge on any atom is -0.340 e. The average molecular weight is 290 g/mol. The van der Waals surface area contributed by atoms with Gasteiger partial charge in [-0.2, -0.15) is 11.8 Å². The summed E-state index contributed by atoms with van der Waals surface area (Å²) in [6.45, 7) is 0.541. The quantitative estimate of drug-likeness (QED) is 0.899. The molecule has 1 aromatic rings. The molecule has 2 atom stereocenters. The first-order valence-corrected chi connectivity index (χ1v) is 8.14. The summed E-state index contributed by atoms with van der Waals surface area (Å²) in [5.41, 5.74) is 0.864. The molecule has 0 radical (unpaired) electrons. The van der Waals surface area contributed by atoms with Crippen molar-refractivity contribution in [2.24, 2.45) is 0 Å². The maximum absolute atomic E-state index is 12.8. The molecule has 4 nitrogen and oxygen atoms in total. The Morgan fingerprint density at radius 2 is 2.00 bits per heavy atom. The van der Waals surface area contributed by atoms with Crippen LogP contribution in [0.15, 0.2) is 30.3 Å². The molecule has 2 fully saturated rings. The third kappa shape index (κ3) is 2.68. The summed E-state index contributed by atoms with van der Waals surface area (Å²) in [4.78, 5) is 26.6. The Balaban J connectivity index is 1.87. The summed E-state index contributed by atoms with van der Waals surface area (Å²) in [6.07, 6.45) is 1.43. The monoisotopic (exact) mass is 290 g/mol. The van der Waals surface area contributed by atoms with Gasteiger partial charge in [0.1, 0.15) is 6.04 Å². The molecule has 2 aliphatic rings. The fraction of sp³-hybridized carbons (Fsp3) is 0.467. The summed E-state index contributed by atoms with van der Waals surface area (Å²) in [5.74, 6) is 2.09. The van der Waals surface area contributed by atoms with Gasteiger partial charge in [-0.3, -0.25) is 9.59 Å². The van der Waals surface area contributed by atoms with Crippen LogP contribution in [0.2, 0.25) is 0 Å². The second kappa shape index (κ2) is 5.87. The van der Waals surface area contributed by atoms with Crippen molar-refractivity contribution in [3.63, 3.8) is 0 Å². The van der Waals surface area contributed by atoms with E-state index in [9.17, 15) is 9.59 Å². The summed E-state index contributed by atoms with van der Waals surface area (Å²) < 4.78 is 0. The van der Waals surface area contributed by atoms with Crippen LogP contribution in [-0.2, 0) is 9.59 Å². The molecule has 20 heavy (non-hydrogen) atoms. The molecule has 2 heterocycles. The summed E-state index contributed by atoms with van der Waals surface area (Å²) in [6, 6.07) is 9.26. The van der Waals surface area contributed by atoms with Gasteiger partial charge in [0.25, 0.3) is 0 Å². The maximum atomic E-state index is 12.8. The molecule has 0 aromatic heterocycles. The largest absolute Gasteiger partial charge is 0.340 e. The van der Waals surface area contributed by atoms with Crippen LogP contribution in [0.4, 0.5) is 0 Å². The summed E-state index contributed by atoms with van der Waals surface area (Å²) in [5, 5.41) is 2.86. The van der Waals surface area contributed by atoms with Gasteiger partial charge in [0, 0.05) is 24.8 Å². The molecule has 2 unspecified atom stereocenters. The Bertz CT molecular complexity index is 500. The predicted molar refractivity (Wildman–Crippen MR) is 79.4 cm³/mol. The molecule has 5 heteroatoms. The average Bonchev–Trinajstić information content (AvgIpc) is 2.95. The molecule has 3 rings (SSSR count). The lowest BCUT2D eigenvalue weighted by Gasteiger charge is -2.29. The van der Waals surface area contributed by atoms with Crippen LogP contribution >= 0.6 is 11.8 Å². The summed E-state index contributed by atoms with van der Waals surface area (Å²) in [7, 11) is 0. The van der Waals surface area contributed by atoms with Crippen molar-refractivity contribution in [2.45, 2.75) is 24.9 Å². The molecule has 1 N–H and O–H groups in total. The van der Waals surface area contributed by atoms with Gasteiger partial charge in [-0.15, -0.1) is 0 Å². The van der Waals surface area contributed by atoms with Gasteiger partial charge in [0.05, 0.1) is 0 Å². The van der Waals surface area contributed by atoms with Crippen molar-refractivity contribution in [1.82, 2.24) is 10.2 Å². The van der Waals surface area contributed by atoms with Crippen molar-refractivity contribution in [1.29, 1.82) is 0 Å². The first kappa shape index (κ1) is 13.5. The molecule has 1 aromatic carbocycles. The smallest absolute Gasteiger partial charge is 0.250 e. The van der Waals surface area contributed by atoms with Crippen molar-refractivity contribution >= 4 is 23.6 Å². The van der Waals surface area contributed by atoms with E-state index in [4.69, 9.17) is 0 Å². The van der Waals surface area contributed by atoms with Crippen LogP contribution in [-0.4, -0.2) is 40.8 Å². The minimum absolute atomic E-state index is 0.0366. The number of benzene rings is 1. The molecule has 0 spiro atoms. The number of hydrogen-bond donors (Lipinski definition) is 1. The number of nitrogens with one attached hydrogen (secondary N) is 1. The van der Waals surface area contributed by atoms with Crippen molar-refractivity contribution in [3.8, 4) is 0 Å². The first-order valence-electron chi connectivity index (χ1n) is 6.98. The highest BCUT2D eigenvalue weighted by Gasteiger charge is 2.35. The molecule has 2 saturated heterocycles. The van der Waals surface area contributed by atoms with E-state index in [1.54, 1.807) is 0 Å². The van der Waals surface area contributed by atoms with E-state index in [1.807, 2.05) is 47.0 Å². The van der Waals surface area contributed by atoms with E-state index >= 15 is 0 Å². The van der Waals surface area contributed by atoms with Crippen molar-refractivity contribution < 1.29 is 9.59 Å². The zero-order chi connectivity index (χ0) is 13.9. The summed E-state index contributed by atoms with van der Waals surface area (Å²) >= 11 is 1.88. The van der Waals surface area contributed by atoms with Crippen LogP contribution in [0.5, 0.6) is 0 Å². The molecule has 0 aliphatic carbocycles.